The number of benzene rings is 1. The van der Waals surface area contributed by atoms with Crippen LogP contribution in [0.5, 0.6) is 0 Å². The van der Waals surface area contributed by atoms with Crippen LogP contribution in [0.25, 0.3) is 6.08 Å². The highest BCUT2D eigenvalue weighted by Crippen LogP contribution is 2.46. The number of hydrogen-bond acceptors (Lipinski definition) is 5. The number of ether oxygens (including phenoxy) is 1. The van der Waals surface area contributed by atoms with E-state index in [1.54, 1.807) is 18.2 Å². The average molecular weight is 399 g/mol. The molecule has 0 saturated carbocycles. The summed E-state index contributed by atoms with van der Waals surface area (Å²) < 4.78 is 75.8. The van der Waals surface area contributed by atoms with Crippen LogP contribution in [0.15, 0.2) is 43.0 Å². The Morgan fingerprint density at radius 2 is 1.79 bits per heavy atom. The maximum absolute atomic E-state index is 13.9. The van der Waals surface area contributed by atoms with E-state index in [4.69, 9.17) is 16.3 Å². The highest BCUT2D eigenvalue weighted by molar-refractivity contribution is 8.06. The molecule has 0 bridgehead atoms. The van der Waals surface area contributed by atoms with Crippen molar-refractivity contribution >= 4 is 38.1 Å². The van der Waals surface area contributed by atoms with Crippen LogP contribution in [0.1, 0.15) is 5.56 Å². The molecule has 10 heteroatoms. The molecule has 132 valence electrons. The molecule has 0 N–H and O–H groups in total. The summed E-state index contributed by atoms with van der Waals surface area (Å²) in [5.74, 6) is -1.61. The first-order valence-electron chi connectivity index (χ1n) is 6.61. The molecule has 1 aliphatic heterocycles. The van der Waals surface area contributed by atoms with E-state index in [0.717, 1.165) is 12.2 Å². The van der Waals surface area contributed by atoms with Crippen LogP contribution in [-0.4, -0.2) is 33.6 Å². The molecule has 0 aliphatic carbocycles. The monoisotopic (exact) mass is 398 g/mol. The van der Waals surface area contributed by atoms with E-state index in [2.05, 4.69) is 6.58 Å². The SMILES string of the molecule is C=CC1COC(/C=C/c2ccccc2Cl)C1(S(=O)(=O)F)S(=O)(=O)F. The van der Waals surface area contributed by atoms with Crippen molar-refractivity contribution in [2.45, 2.75) is 10.2 Å². The summed E-state index contributed by atoms with van der Waals surface area (Å²) >= 11 is 5.92. The third-order valence-electron chi connectivity index (χ3n) is 3.77. The van der Waals surface area contributed by atoms with Gasteiger partial charge in [0, 0.05) is 10.9 Å². The highest BCUT2D eigenvalue weighted by Gasteiger charge is 2.69. The molecule has 2 atom stereocenters. The van der Waals surface area contributed by atoms with Gasteiger partial charge >= 0.3 is 20.4 Å². The molecule has 1 fully saturated rings. The fourth-order valence-electron chi connectivity index (χ4n) is 2.63. The molecule has 2 rings (SSSR count). The summed E-state index contributed by atoms with van der Waals surface area (Å²) in [6.07, 6.45) is 1.14. The van der Waals surface area contributed by atoms with Gasteiger partial charge in [0.2, 0.25) is 0 Å². The van der Waals surface area contributed by atoms with Gasteiger partial charge in [-0.2, -0.15) is 16.8 Å². The molecule has 0 aromatic heterocycles. The summed E-state index contributed by atoms with van der Waals surface area (Å²) in [5, 5.41) is 0.281. The first kappa shape index (κ1) is 19.0. The molecule has 2 unspecified atom stereocenters. The highest BCUT2D eigenvalue weighted by atomic mass is 35.5. The molecule has 1 aromatic rings. The van der Waals surface area contributed by atoms with Gasteiger partial charge in [-0.05, 0) is 11.6 Å². The second-order valence-electron chi connectivity index (χ2n) is 5.07. The van der Waals surface area contributed by atoms with Gasteiger partial charge in [0.15, 0.2) is 0 Å². The quantitative estimate of drug-likeness (QED) is 0.563. The lowest BCUT2D eigenvalue weighted by atomic mass is 10.0. The predicted octanol–water partition coefficient (Wildman–Crippen LogP) is 2.85. The molecule has 24 heavy (non-hydrogen) atoms. The van der Waals surface area contributed by atoms with Gasteiger partial charge in [0.05, 0.1) is 6.61 Å². The molecular weight excluding hydrogens is 386 g/mol. The summed E-state index contributed by atoms with van der Waals surface area (Å²) in [7, 11) is -11.8. The molecule has 0 spiro atoms. The molecule has 1 saturated heterocycles. The van der Waals surface area contributed by atoms with Crippen LogP contribution in [0.4, 0.5) is 7.77 Å². The number of hydrogen-bond donors (Lipinski definition) is 0. The summed E-state index contributed by atoms with van der Waals surface area (Å²) in [4.78, 5) is 0. The van der Waals surface area contributed by atoms with Crippen LogP contribution < -0.4 is 0 Å². The number of rotatable bonds is 5. The van der Waals surface area contributed by atoms with Crippen molar-refractivity contribution in [1.29, 1.82) is 0 Å². The van der Waals surface area contributed by atoms with Crippen molar-refractivity contribution in [2.24, 2.45) is 5.92 Å². The van der Waals surface area contributed by atoms with Crippen LogP contribution in [0.2, 0.25) is 5.02 Å². The second-order valence-corrected chi connectivity index (χ2v) is 8.84. The van der Waals surface area contributed by atoms with Crippen molar-refractivity contribution in [2.75, 3.05) is 6.61 Å². The standard InChI is InChI=1S/C14H13ClF2O5S2/c1-2-11-9-22-13(8-7-10-5-3-4-6-12(10)15)14(11,23(16,18)19)24(17,20)21/h2-8,11,13H,1,9H2/b8-7+. The first-order valence-corrected chi connectivity index (χ1v) is 9.75. The normalized spacial score (nSPS) is 24.3. The lowest BCUT2D eigenvalue weighted by Crippen LogP contribution is -2.52. The van der Waals surface area contributed by atoms with Gasteiger partial charge in [0.25, 0.3) is 4.08 Å². The Bertz CT molecular complexity index is 848. The smallest absolute Gasteiger partial charge is 0.329 e. The van der Waals surface area contributed by atoms with Crippen molar-refractivity contribution in [1.82, 2.24) is 0 Å². The van der Waals surface area contributed by atoms with Gasteiger partial charge in [-0.1, -0.05) is 48.0 Å². The van der Waals surface area contributed by atoms with Crippen LogP contribution >= 0.6 is 11.6 Å². The van der Waals surface area contributed by atoms with E-state index >= 15 is 0 Å². The third kappa shape index (κ3) is 3.01. The first-order chi connectivity index (χ1) is 11.1. The maximum atomic E-state index is 13.9. The topological polar surface area (TPSA) is 77.5 Å². The average Bonchev–Trinajstić information content (AvgIpc) is 2.85. The molecule has 1 aliphatic rings. The third-order valence-corrected chi connectivity index (χ3v) is 7.90. The molecule has 0 radical (unpaired) electrons. The van der Waals surface area contributed by atoms with Gasteiger partial charge in [0.1, 0.15) is 6.10 Å². The Morgan fingerprint density at radius 1 is 1.21 bits per heavy atom. The van der Waals surface area contributed by atoms with Gasteiger partial charge in [-0.25, -0.2) is 0 Å². The fourth-order valence-corrected chi connectivity index (χ4v) is 5.68. The van der Waals surface area contributed by atoms with E-state index in [1.807, 2.05) is 0 Å². The second kappa shape index (κ2) is 6.55. The van der Waals surface area contributed by atoms with Gasteiger partial charge in [-0.15, -0.1) is 14.4 Å². The summed E-state index contributed by atoms with van der Waals surface area (Å²) in [6.45, 7) is 2.72. The fraction of sp³-hybridized carbons (Fsp3) is 0.286. The van der Waals surface area contributed by atoms with E-state index < -0.39 is 43.2 Å². The molecular formula is C14H13ClF2O5S2. The van der Waals surface area contributed by atoms with Crippen LogP contribution in [-0.2, 0) is 25.2 Å². The Labute approximate surface area is 144 Å². The minimum absolute atomic E-state index is 0.281. The van der Waals surface area contributed by atoms with Crippen LogP contribution in [0.3, 0.4) is 0 Å². The van der Waals surface area contributed by atoms with E-state index in [9.17, 15) is 24.6 Å². The Hall–Kier alpha value is -1.29. The Balaban J connectivity index is 2.61. The zero-order chi connectivity index (χ0) is 18.2. The zero-order valence-corrected chi connectivity index (χ0v) is 14.5. The summed E-state index contributed by atoms with van der Waals surface area (Å²) in [6, 6.07) is 6.35. The largest absolute Gasteiger partial charge is 0.370 e. The van der Waals surface area contributed by atoms with E-state index in [0.29, 0.717) is 5.56 Å². The Kier molecular flexibility index (Phi) is 5.19. The van der Waals surface area contributed by atoms with E-state index in [1.165, 1.54) is 12.1 Å². The van der Waals surface area contributed by atoms with Gasteiger partial charge in [-0.3, -0.25) is 0 Å². The van der Waals surface area contributed by atoms with Gasteiger partial charge < -0.3 is 4.74 Å². The number of halogens is 3. The molecule has 0 amide bonds. The minimum Gasteiger partial charge on any atom is -0.370 e. The Morgan fingerprint density at radius 3 is 2.29 bits per heavy atom. The van der Waals surface area contributed by atoms with Crippen molar-refractivity contribution in [3.05, 3.63) is 53.6 Å². The molecule has 1 aromatic carbocycles. The summed E-state index contributed by atoms with van der Waals surface area (Å²) in [5.41, 5.74) is 0.395. The van der Waals surface area contributed by atoms with Crippen molar-refractivity contribution in [3.63, 3.8) is 0 Å². The minimum atomic E-state index is -5.89. The maximum Gasteiger partial charge on any atom is 0.329 e. The lowest BCUT2D eigenvalue weighted by molar-refractivity contribution is 0.139. The van der Waals surface area contributed by atoms with Crippen LogP contribution in [0, 0.1) is 5.92 Å². The molecule has 5 nitrogen and oxygen atoms in total. The zero-order valence-electron chi connectivity index (χ0n) is 12.1. The van der Waals surface area contributed by atoms with E-state index in [-0.39, 0.29) is 5.02 Å². The predicted molar refractivity (Wildman–Crippen MR) is 86.7 cm³/mol. The molecule has 1 heterocycles. The van der Waals surface area contributed by atoms with Crippen molar-refractivity contribution in [3.8, 4) is 0 Å². The van der Waals surface area contributed by atoms with Crippen molar-refractivity contribution < 1.29 is 29.3 Å². The lowest BCUT2D eigenvalue weighted by Gasteiger charge is -2.27.